The Morgan fingerprint density at radius 2 is 2.33 bits per heavy atom. The predicted octanol–water partition coefficient (Wildman–Crippen LogP) is 2.81. The fourth-order valence-corrected chi connectivity index (χ4v) is 0.909. The average Bonchev–Trinajstić information content (AvgIpc) is 2.08. The van der Waals surface area contributed by atoms with Crippen LogP contribution in [0.4, 0.5) is 0 Å². The van der Waals surface area contributed by atoms with Crippen molar-refractivity contribution in [1.29, 1.82) is 0 Å². The summed E-state index contributed by atoms with van der Waals surface area (Å²) in [6.07, 6.45) is 0. The van der Waals surface area contributed by atoms with E-state index in [9.17, 15) is 5.11 Å². The third kappa shape index (κ3) is 1.37. The molecule has 0 radical (unpaired) electrons. The average molecular weight is 210 g/mol. The van der Waals surface area contributed by atoms with Crippen molar-refractivity contribution in [3.05, 3.63) is 27.6 Å². The Morgan fingerprint density at radius 3 is 3.00 bits per heavy atom. The molecule has 1 aromatic rings. The number of phenols is 1. The van der Waals surface area contributed by atoms with Crippen molar-refractivity contribution in [2.75, 3.05) is 0 Å². The monoisotopic (exact) mass is 209 g/mol. The fourth-order valence-electron chi connectivity index (χ4n) is 0.356. The first-order valence-corrected chi connectivity index (χ1v) is 3.27. The highest BCUT2D eigenvalue weighted by Crippen LogP contribution is 2.30. The maximum atomic E-state index is 9.19. The van der Waals surface area contributed by atoms with Crippen LogP contribution < -0.4 is 0 Å². The van der Waals surface area contributed by atoms with E-state index in [0.717, 1.165) is 0 Å². The minimum atomic E-state index is -0.359. The van der Waals surface area contributed by atoms with Crippen molar-refractivity contribution in [3.8, 4) is 5.75 Å². The lowest BCUT2D eigenvalue weighted by Gasteiger charge is -1.95. The molecule has 0 amide bonds. The number of halogens is 2. The van der Waals surface area contributed by atoms with Gasteiger partial charge in [-0.2, -0.15) is 0 Å². The Labute approximate surface area is 70.6 Å². The van der Waals surface area contributed by atoms with Gasteiger partial charge >= 0.3 is 0 Å². The van der Waals surface area contributed by atoms with Crippen molar-refractivity contribution in [3.63, 3.8) is 0 Å². The summed E-state index contributed by atoms with van der Waals surface area (Å²) in [4.78, 5) is 0. The molecule has 1 N–H and O–H groups in total. The van der Waals surface area contributed by atoms with Crippen molar-refractivity contribution in [1.82, 2.24) is 0 Å². The predicted molar refractivity (Wildman–Crippen MR) is 40.8 cm³/mol. The third-order valence-electron chi connectivity index (χ3n) is 0.760. The first-order chi connectivity index (χ1) is 5.46. The van der Waals surface area contributed by atoms with E-state index in [4.69, 9.17) is 15.7 Å². The highest BCUT2D eigenvalue weighted by molar-refractivity contribution is 9.10. The fraction of sp³-hybridized carbons (Fsp3) is 0. The first-order valence-electron chi connectivity index (χ1n) is 3.60. The number of hydrogen-bond donors (Lipinski definition) is 1. The molecule has 0 unspecified atom stereocenters. The highest BCUT2D eigenvalue weighted by Gasteiger charge is 1.99. The zero-order valence-corrected chi connectivity index (χ0v) is 6.55. The number of rotatable bonds is 0. The molecule has 1 nitrogen and oxygen atoms in total. The molecule has 1 rings (SSSR count). The molecule has 0 spiro atoms. The van der Waals surface area contributed by atoms with Crippen molar-refractivity contribution in [2.45, 2.75) is 0 Å². The Bertz CT molecular complexity index is 237. The van der Waals surface area contributed by atoms with Crippen molar-refractivity contribution in [2.24, 2.45) is 0 Å². The molecule has 0 aromatic heterocycles. The molecule has 0 atom stereocenters. The lowest BCUT2D eigenvalue weighted by Crippen LogP contribution is -1.68. The summed E-state index contributed by atoms with van der Waals surface area (Å²) >= 11 is 8.38. The topological polar surface area (TPSA) is 20.2 Å². The van der Waals surface area contributed by atoms with Crippen LogP contribution in [-0.2, 0) is 0 Å². The van der Waals surface area contributed by atoms with Gasteiger partial charge in [-0.3, -0.25) is 0 Å². The van der Waals surface area contributed by atoms with E-state index in [1.807, 2.05) is 0 Å². The van der Waals surface area contributed by atoms with E-state index in [0.29, 0.717) is 0 Å². The SMILES string of the molecule is [2H]c1c([2H])c(Cl)c(O)c(Br)c1[2H]. The van der Waals surface area contributed by atoms with Gasteiger partial charge in [0.25, 0.3) is 0 Å². The maximum Gasteiger partial charge on any atom is 0.148 e. The molecule has 0 aliphatic rings. The van der Waals surface area contributed by atoms with Gasteiger partial charge in [0.05, 0.1) is 13.6 Å². The van der Waals surface area contributed by atoms with Crippen LogP contribution in [0.3, 0.4) is 0 Å². The molecule has 0 bridgehead atoms. The summed E-state index contributed by atoms with van der Waals surface area (Å²) < 4.78 is 21.7. The summed E-state index contributed by atoms with van der Waals surface area (Å²) in [6, 6.07) is -0.867. The van der Waals surface area contributed by atoms with Crippen LogP contribution in [0.25, 0.3) is 0 Å². The van der Waals surface area contributed by atoms with Gasteiger partial charge in [-0.15, -0.1) is 0 Å². The molecule has 0 saturated heterocycles. The Morgan fingerprint density at radius 1 is 1.67 bits per heavy atom. The van der Waals surface area contributed by atoms with Crippen LogP contribution in [0.2, 0.25) is 5.02 Å². The van der Waals surface area contributed by atoms with Gasteiger partial charge in [0.1, 0.15) is 5.75 Å². The lowest BCUT2D eigenvalue weighted by atomic mass is 10.3. The van der Waals surface area contributed by atoms with Crippen LogP contribution in [0.5, 0.6) is 5.75 Å². The normalized spacial score (nSPS) is 14.2. The largest absolute Gasteiger partial charge is 0.505 e. The standard InChI is InChI=1S/C6H4BrClO/c7-4-2-1-3-5(8)6(4)9/h1-3,9H/i1D,2D,3D. The Balaban J connectivity index is 3.60. The summed E-state index contributed by atoms with van der Waals surface area (Å²) in [5, 5.41) is 8.98. The van der Waals surface area contributed by atoms with Gasteiger partial charge in [0, 0.05) is 0 Å². The van der Waals surface area contributed by atoms with Gasteiger partial charge in [-0.25, -0.2) is 0 Å². The van der Waals surface area contributed by atoms with E-state index in [-0.39, 0.29) is 33.4 Å². The minimum Gasteiger partial charge on any atom is -0.505 e. The van der Waals surface area contributed by atoms with Crippen LogP contribution in [-0.4, -0.2) is 5.11 Å². The van der Waals surface area contributed by atoms with Gasteiger partial charge in [0.2, 0.25) is 0 Å². The van der Waals surface area contributed by atoms with E-state index < -0.39 is 0 Å². The highest BCUT2D eigenvalue weighted by atomic mass is 79.9. The number of benzene rings is 1. The van der Waals surface area contributed by atoms with E-state index in [1.165, 1.54) is 0 Å². The number of aromatic hydroxyl groups is 1. The van der Waals surface area contributed by atoms with E-state index in [2.05, 4.69) is 15.9 Å². The molecule has 3 heteroatoms. The van der Waals surface area contributed by atoms with E-state index in [1.54, 1.807) is 0 Å². The molecular weight excluding hydrogens is 203 g/mol. The molecule has 0 heterocycles. The van der Waals surface area contributed by atoms with Crippen LogP contribution in [0.1, 0.15) is 4.11 Å². The second-order valence-electron chi connectivity index (χ2n) is 1.35. The third-order valence-corrected chi connectivity index (χ3v) is 1.61. The van der Waals surface area contributed by atoms with Gasteiger partial charge in [0.15, 0.2) is 0 Å². The molecule has 0 saturated carbocycles. The molecule has 1 aromatic carbocycles. The summed E-state index contributed by atoms with van der Waals surface area (Å²) in [5.74, 6) is -0.359. The maximum absolute atomic E-state index is 9.19. The summed E-state index contributed by atoms with van der Waals surface area (Å²) in [5.41, 5.74) is 0. The molecular formula is C6H4BrClO. The molecule has 0 aliphatic carbocycles. The van der Waals surface area contributed by atoms with Crippen molar-refractivity contribution < 1.29 is 9.22 Å². The van der Waals surface area contributed by atoms with Crippen LogP contribution in [0.15, 0.2) is 22.6 Å². The van der Waals surface area contributed by atoms with Gasteiger partial charge in [-0.05, 0) is 28.0 Å². The number of para-hydroxylation sites is 1. The zero-order valence-electron chi connectivity index (χ0n) is 7.20. The smallest absolute Gasteiger partial charge is 0.148 e. The van der Waals surface area contributed by atoms with Gasteiger partial charge in [-0.1, -0.05) is 17.6 Å². The quantitative estimate of drug-likeness (QED) is 0.698. The Hall–Kier alpha value is -0.210. The Kier molecular flexibility index (Phi) is 1.10. The second kappa shape index (κ2) is 2.58. The van der Waals surface area contributed by atoms with E-state index >= 15 is 0 Å². The lowest BCUT2D eigenvalue weighted by molar-refractivity contribution is 0.472. The first kappa shape index (κ1) is 3.84. The minimum absolute atomic E-state index is 0.0495. The summed E-state index contributed by atoms with van der Waals surface area (Å²) in [7, 11) is 0. The molecule has 9 heavy (non-hydrogen) atoms. The van der Waals surface area contributed by atoms with Crippen molar-refractivity contribution >= 4 is 27.5 Å². The summed E-state index contributed by atoms with van der Waals surface area (Å²) in [6.45, 7) is 0. The number of phenolic OH excluding ortho intramolecular Hbond substituents is 1. The molecule has 0 aliphatic heterocycles. The van der Waals surface area contributed by atoms with Crippen LogP contribution in [0, 0.1) is 0 Å². The van der Waals surface area contributed by atoms with Crippen LogP contribution >= 0.6 is 27.5 Å². The van der Waals surface area contributed by atoms with Gasteiger partial charge < -0.3 is 5.11 Å². The molecule has 48 valence electrons. The number of hydrogen-bond acceptors (Lipinski definition) is 1. The second-order valence-corrected chi connectivity index (χ2v) is 2.52. The molecule has 0 fully saturated rings. The zero-order chi connectivity index (χ0) is 9.46.